The summed E-state index contributed by atoms with van der Waals surface area (Å²) >= 11 is 0. The van der Waals surface area contributed by atoms with Crippen LogP contribution in [0.5, 0.6) is 0 Å². The molecule has 11 heteroatoms. The molecule has 0 bridgehead atoms. The molecule has 2 heterocycles. The third-order valence-electron chi connectivity index (χ3n) is 2.94. The lowest BCUT2D eigenvalue weighted by atomic mass is 10.1. The SMILES string of the molecule is C[C@@]1(OCP(=O)(O)O)C[C@@H](O)[C@H](n2ccc(N)nc2=O)O1. The van der Waals surface area contributed by atoms with Crippen LogP contribution in [0.15, 0.2) is 17.1 Å². The molecule has 0 aromatic carbocycles. The first-order valence-corrected chi connectivity index (χ1v) is 7.78. The molecule has 21 heavy (non-hydrogen) atoms. The van der Waals surface area contributed by atoms with Gasteiger partial charge < -0.3 is 30.1 Å². The van der Waals surface area contributed by atoms with E-state index in [9.17, 15) is 14.5 Å². The smallest absolute Gasteiger partial charge is 0.351 e. The summed E-state index contributed by atoms with van der Waals surface area (Å²) in [5, 5.41) is 9.98. The molecular formula is C10H16N3O7P. The van der Waals surface area contributed by atoms with E-state index in [1.54, 1.807) is 0 Å². The highest BCUT2D eigenvalue weighted by Crippen LogP contribution is 2.41. The Bertz CT molecular complexity index is 629. The normalized spacial score (nSPS) is 29.7. The molecule has 0 unspecified atom stereocenters. The van der Waals surface area contributed by atoms with E-state index in [1.807, 2.05) is 0 Å². The van der Waals surface area contributed by atoms with Crippen LogP contribution in [-0.2, 0) is 14.0 Å². The number of aromatic nitrogens is 2. The number of hydrogen-bond acceptors (Lipinski definition) is 7. The topological polar surface area (TPSA) is 157 Å². The molecule has 118 valence electrons. The molecule has 1 aromatic rings. The number of hydrogen-bond donors (Lipinski definition) is 4. The van der Waals surface area contributed by atoms with E-state index < -0.39 is 37.8 Å². The number of rotatable bonds is 4. The van der Waals surface area contributed by atoms with Crippen LogP contribution in [0.25, 0.3) is 0 Å². The van der Waals surface area contributed by atoms with Crippen molar-refractivity contribution in [3.8, 4) is 0 Å². The zero-order chi connectivity index (χ0) is 15.8. The molecule has 0 aliphatic carbocycles. The van der Waals surface area contributed by atoms with E-state index in [2.05, 4.69) is 4.98 Å². The van der Waals surface area contributed by atoms with Crippen molar-refractivity contribution in [3.63, 3.8) is 0 Å². The van der Waals surface area contributed by atoms with E-state index in [4.69, 9.17) is 25.0 Å². The fourth-order valence-electron chi connectivity index (χ4n) is 2.04. The van der Waals surface area contributed by atoms with Crippen LogP contribution >= 0.6 is 7.60 Å². The highest BCUT2D eigenvalue weighted by atomic mass is 31.2. The highest BCUT2D eigenvalue weighted by molar-refractivity contribution is 7.51. The van der Waals surface area contributed by atoms with Gasteiger partial charge in [0, 0.05) is 12.6 Å². The number of nitrogens with zero attached hydrogens (tertiary/aromatic N) is 2. The van der Waals surface area contributed by atoms with Gasteiger partial charge in [0.15, 0.2) is 18.4 Å². The lowest BCUT2D eigenvalue weighted by Gasteiger charge is -2.25. The molecule has 0 amide bonds. The number of aliphatic hydroxyl groups excluding tert-OH is 1. The lowest BCUT2D eigenvalue weighted by molar-refractivity contribution is -0.221. The van der Waals surface area contributed by atoms with Crippen molar-refractivity contribution >= 4 is 13.4 Å². The van der Waals surface area contributed by atoms with E-state index in [0.29, 0.717) is 0 Å². The molecule has 1 fully saturated rings. The van der Waals surface area contributed by atoms with Crippen molar-refractivity contribution < 1.29 is 28.9 Å². The second-order valence-electron chi connectivity index (χ2n) is 4.89. The second-order valence-corrected chi connectivity index (χ2v) is 6.48. The first-order chi connectivity index (χ1) is 9.60. The Morgan fingerprint density at radius 2 is 2.33 bits per heavy atom. The van der Waals surface area contributed by atoms with Gasteiger partial charge in [-0.3, -0.25) is 9.13 Å². The Balaban J connectivity index is 2.17. The molecular weight excluding hydrogens is 305 g/mol. The number of ether oxygens (including phenoxy) is 2. The summed E-state index contributed by atoms with van der Waals surface area (Å²) in [5.41, 5.74) is 4.66. The fraction of sp³-hybridized carbons (Fsp3) is 0.600. The van der Waals surface area contributed by atoms with Crippen molar-refractivity contribution in [2.75, 3.05) is 12.1 Å². The van der Waals surface area contributed by atoms with Gasteiger partial charge in [-0.2, -0.15) is 4.98 Å². The molecule has 5 N–H and O–H groups in total. The Labute approximate surface area is 119 Å². The maximum atomic E-state index is 11.7. The first-order valence-electron chi connectivity index (χ1n) is 5.99. The molecule has 0 saturated carbocycles. The van der Waals surface area contributed by atoms with Crippen molar-refractivity contribution in [1.29, 1.82) is 0 Å². The van der Waals surface area contributed by atoms with Gasteiger partial charge >= 0.3 is 13.3 Å². The second kappa shape index (κ2) is 5.48. The van der Waals surface area contributed by atoms with Gasteiger partial charge in [0.2, 0.25) is 0 Å². The fourth-order valence-corrected chi connectivity index (χ4v) is 2.48. The summed E-state index contributed by atoms with van der Waals surface area (Å²) in [6.45, 7) is 1.42. The Morgan fingerprint density at radius 1 is 1.67 bits per heavy atom. The zero-order valence-corrected chi connectivity index (χ0v) is 12.0. The lowest BCUT2D eigenvalue weighted by Crippen LogP contribution is -2.33. The van der Waals surface area contributed by atoms with Crippen molar-refractivity contribution in [2.24, 2.45) is 0 Å². The van der Waals surface area contributed by atoms with Crippen molar-refractivity contribution in [1.82, 2.24) is 9.55 Å². The summed E-state index contributed by atoms with van der Waals surface area (Å²) in [6.07, 6.45) is -1.78. The predicted molar refractivity (Wildman–Crippen MR) is 70.1 cm³/mol. The van der Waals surface area contributed by atoms with Gasteiger partial charge in [-0.15, -0.1) is 0 Å². The molecule has 10 nitrogen and oxygen atoms in total. The van der Waals surface area contributed by atoms with Crippen LogP contribution in [0, 0.1) is 0 Å². The van der Waals surface area contributed by atoms with Gasteiger partial charge in [-0.05, 0) is 13.0 Å². The van der Waals surface area contributed by atoms with Crippen LogP contribution in [0.2, 0.25) is 0 Å². The molecule has 0 spiro atoms. The van der Waals surface area contributed by atoms with Crippen LogP contribution in [0.4, 0.5) is 5.82 Å². The molecule has 1 aromatic heterocycles. The van der Waals surface area contributed by atoms with Crippen LogP contribution in [0.1, 0.15) is 19.6 Å². The minimum atomic E-state index is -4.37. The van der Waals surface area contributed by atoms with Gasteiger partial charge in [0.1, 0.15) is 11.9 Å². The predicted octanol–water partition coefficient (Wildman–Crippen LogP) is -1.03. The third-order valence-corrected chi connectivity index (χ3v) is 3.41. The molecule has 1 saturated heterocycles. The Hall–Kier alpha value is -1.29. The van der Waals surface area contributed by atoms with E-state index >= 15 is 0 Å². The molecule has 2 rings (SSSR count). The van der Waals surface area contributed by atoms with E-state index in [0.717, 1.165) is 4.57 Å². The van der Waals surface area contributed by atoms with Gasteiger partial charge in [-0.1, -0.05) is 0 Å². The quantitative estimate of drug-likeness (QED) is 0.509. The van der Waals surface area contributed by atoms with Gasteiger partial charge in [0.05, 0.1) is 0 Å². The highest BCUT2D eigenvalue weighted by Gasteiger charge is 2.45. The number of anilines is 1. The minimum Gasteiger partial charge on any atom is -0.388 e. The van der Waals surface area contributed by atoms with Crippen LogP contribution in [0.3, 0.4) is 0 Å². The number of aliphatic hydroxyl groups is 1. The van der Waals surface area contributed by atoms with Crippen LogP contribution in [-0.4, -0.2) is 42.7 Å². The third kappa shape index (κ3) is 3.88. The van der Waals surface area contributed by atoms with Gasteiger partial charge in [-0.25, -0.2) is 4.79 Å². The monoisotopic (exact) mass is 321 g/mol. The summed E-state index contributed by atoms with van der Waals surface area (Å²) in [7, 11) is -4.37. The molecule has 0 radical (unpaired) electrons. The van der Waals surface area contributed by atoms with E-state index in [-0.39, 0.29) is 12.2 Å². The summed E-state index contributed by atoms with van der Waals surface area (Å²) < 4.78 is 22.3. The zero-order valence-electron chi connectivity index (χ0n) is 11.1. The van der Waals surface area contributed by atoms with Crippen molar-refractivity contribution in [3.05, 3.63) is 22.7 Å². The maximum absolute atomic E-state index is 11.7. The Kier molecular flexibility index (Phi) is 4.20. The molecule has 1 aliphatic heterocycles. The maximum Gasteiger partial charge on any atom is 0.351 e. The summed E-state index contributed by atoms with van der Waals surface area (Å²) in [6, 6.07) is 1.36. The molecule has 3 atom stereocenters. The average molecular weight is 321 g/mol. The average Bonchev–Trinajstić information content (AvgIpc) is 2.63. The number of nitrogen functional groups attached to an aromatic ring is 1. The Morgan fingerprint density at radius 3 is 2.90 bits per heavy atom. The van der Waals surface area contributed by atoms with Crippen LogP contribution < -0.4 is 11.4 Å². The first kappa shape index (κ1) is 16.1. The molecule has 1 aliphatic rings. The summed E-state index contributed by atoms with van der Waals surface area (Å²) in [4.78, 5) is 32.8. The van der Waals surface area contributed by atoms with Crippen molar-refractivity contribution in [2.45, 2.75) is 31.5 Å². The number of nitrogens with two attached hydrogens (primary N) is 1. The van der Waals surface area contributed by atoms with Gasteiger partial charge in [0.25, 0.3) is 0 Å². The standard InChI is InChI=1S/C10H16N3O7P/c1-10(19-5-21(16,17)18)4-6(14)8(20-10)13-3-2-7(11)12-9(13)15/h2-3,6,8,14H,4-5H2,1H3,(H2,11,12,15)(H2,16,17,18)/t6-,8-,10+/m1/s1. The summed E-state index contributed by atoms with van der Waals surface area (Å²) in [5.74, 6) is -1.39. The minimum absolute atomic E-state index is 0.0317. The van der Waals surface area contributed by atoms with E-state index in [1.165, 1.54) is 19.2 Å². The largest absolute Gasteiger partial charge is 0.388 e.